The van der Waals surface area contributed by atoms with Gasteiger partial charge in [-0.05, 0) is 35.0 Å². The van der Waals surface area contributed by atoms with Crippen molar-refractivity contribution in [2.24, 2.45) is 0 Å². The maximum absolute atomic E-state index is 13.1. The van der Waals surface area contributed by atoms with E-state index in [-0.39, 0.29) is 5.69 Å². The molecule has 0 radical (unpaired) electrons. The van der Waals surface area contributed by atoms with Gasteiger partial charge in [-0.3, -0.25) is 15.1 Å². The lowest BCUT2D eigenvalue weighted by atomic mass is 9.99. The fraction of sp³-hybridized carbons (Fsp3) is 0.105. The molecule has 148 valence electrons. The highest BCUT2D eigenvalue weighted by Gasteiger charge is 2.19. The smallest absolute Gasteiger partial charge is 0.259 e. The molecular formula is C19H12BrN7O2S. The quantitative estimate of drug-likeness (QED) is 0.466. The predicted octanol–water partition coefficient (Wildman–Crippen LogP) is 3.75. The molecule has 0 atom stereocenters. The maximum Gasteiger partial charge on any atom is 0.259 e. The summed E-state index contributed by atoms with van der Waals surface area (Å²) < 4.78 is 5.97. The Bertz CT molecular complexity index is 1330. The summed E-state index contributed by atoms with van der Waals surface area (Å²) in [4.78, 5) is 34.7. The number of methoxy groups -OCH3 is 1. The van der Waals surface area contributed by atoms with Gasteiger partial charge in [0.1, 0.15) is 22.1 Å². The van der Waals surface area contributed by atoms with Crippen LogP contribution in [0, 0.1) is 18.3 Å². The lowest BCUT2D eigenvalue weighted by Crippen LogP contribution is -2.14. The van der Waals surface area contributed by atoms with Crippen LogP contribution in [0.25, 0.3) is 21.6 Å². The van der Waals surface area contributed by atoms with Gasteiger partial charge in [0.2, 0.25) is 0 Å². The van der Waals surface area contributed by atoms with Crippen LogP contribution in [-0.2, 0) is 0 Å². The van der Waals surface area contributed by atoms with Crippen molar-refractivity contribution >= 4 is 48.8 Å². The fourth-order valence-corrected chi connectivity index (χ4v) is 3.95. The Morgan fingerprint density at radius 3 is 2.77 bits per heavy atom. The van der Waals surface area contributed by atoms with Crippen LogP contribution in [0.4, 0.5) is 5.13 Å². The molecular weight excluding hydrogens is 470 g/mol. The third-order valence-corrected chi connectivity index (χ3v) is 5.33. The first kappa shape index (κ1) is 19.8. The lowest BCUT2D eigenvalue weighted by Gasteiger charge is -2.13. The molecule has 30 heavy (non-hydrogen) atoms. The molecule has 0 aromatic carbocycles. The number of pyridine rings is 2. The molecule has 4 heterocycles. The van der Waals surface area contributed by atoms with Crippen molar-refractivity contribution in [2.75, 3.05) is 12.4 Å². The number of amides is 1. The zero-order valence-corrected chi connectivity index (χ0v) is 18.1. The molecule has 0 bridgehead atoms. The van der Waals surface area contributed by atoms with E-state index in [4.69, 9.17) is 4.74 Å². The average molecular weight is 482 g/mol. The highest BCUT2D eigenvalue weighted by molar-refractivity contribution is 9.10. The van der Waals surface area contributed by atoms with E-state index in [0.717, 1.165) is 0 Å². The summed E-state index contributed by atoms with van der Waals surface area (Å²) in [5.74, 6) is 0.0277. The molecule has 0 fully saturated rings. The van der Waals surface area contributed by atoms with Gasteiger partial charge in [-0.1, -0.05) is 11.3 Å². The van der Waals surface area contributed by atoms with Gasteiger partial charge in [0.25, 0.3) is 5.91 Å². The van der Waals surface area contributed by atoms with Crippen molar-refractivity contribution in [3.63, 3.8) is 0 Å². The van der Waals surface area contributed by atoms with E-state index in [1.165, 1.54) is 37.0 Å². The summed E-state index contributed by atoms with van der Waals surface area (Å²) >= 11 is 4.47. The number of nitrogens with one attached hydrogen (secondary N) is 1. The molecule has 0 spiro atoms. The number of rotatable bonds is 4. The van der Waals surface area contributed by atoms with Crippen molar-refractivity contribution in [2.45, 2.75) is 6.92 Å². The number of ether oxygens (including phenoxy) is 1. The molecule has 0 saturated heterocycles. The van der Waals surface area contributed by atoms with E-state index < -0.39 is 5.91 Å². The summed E-state index contributed by atoms with van der Waals surface area (Å²) in [5.41, 5.74) is 2.79. The second-order valence-corrected chi connectivity index (χ2v) is 7.84. The molecule has 0 aliphatic rings. The van der Waals surface area contributed by atoms with E-state index >= 15 is 0 Å². The maximum atomic E-state index is 13.1. The summed E-state index contributed by atoms with van der Waals surface area (Å²) in [6.07, 6.45) is 4.47. The normalized spacial score (nSPS) is 10.6. The Hall–Kier alpha value is -3.49. The van der Waals surface area contributed by atoms with Crippen LogP contribution in [-0.4, -0.2) is 37.9 Å². The number of nitrogens with zero attached hydrogens (tertiary/aromatic N) is 6. The first-order chi connectivity index (χ1) is 14.5. The second-order valence-electron chi connectivity index (χ2n) is 6.05. The van der Waals surface area contributed by atoms with Gasteiger partial charge in [0.15, 0.2) is 15.6 Å². The molecule has 0 unspecified atom stereocenters. The predicted molar refractivity (Wildman–Crippen MR) is 114 cm³/mol. The first-order valence-electron chi connectivity index (χ1n) is 8.50. The van der Waals surface area contributed by atoms with E-state index in [0.29, 0.717) is 48.3 Å². The van der Waals surface area contributed by atoms with Crippen LogP contribution in [0.15, 0.2) is 35.3 Å². The number of carbonyl (C=O) groups excluding carboxylic acids is 1. The van der Waals surface area contributed by atoms with Gasteiger partial charge >= 0.3 is 0 Å². The summed E-state index contributed by atoms with van der Waals surface area (Å²) in [7, 11) is 1.50. The highest BCUT2D eigenvalue weighted by atomic mass is 79.9. The Balaban J connectivity index is 1.76. The van der Waals surface area contributed by atoms with E-state index in [2.05, 4.69) is 46.2 Å². The number of anilines is 1. The second kappa shape index (κ2) is 8.10. The van der Waals surface area contributed by atoms with E-state index in [9.17, 15) is 10.1 Å². The van der Waals surface area contributed by atoms with E-state index in [1.54, 1.807) is 12.1 Å². The Morgan fingerprint density at radius 1 is 1.17 bits per heavy atom. The number of halogens is 1. The topological polar surface area (TPSA) is 127 Å². The van der Waals surface area contributed by atoms with Gasteiger partial charge in [-0.15, -0.1) is 0 Å². The molecule has 4 aromatic rings. The van der Waals surface area contributed by atoms with Crippen LogP contribution in [0.5, 0.6) is 5.75 Å². The van der Waals surface area contributed by atoms with Crippen molar-refractivity contribution < 1.29 is 9.53 Å². The van der Waals surface area contributed by atoms with Gasteiger partial charge in [0, 0.05) is 23.0 Å². The number of aryl methyl sites for hydroxylation is 1. The monoisotopic (exact) mass is 481 g/mol. The minimum absolute atomic E-state index is 0.209. The number of hydrogen-bond donors (Lipinski definition) is 1. The number of aromatic nitrogens is 5. The van der Waals surface area contributed by atoms with Gasteiger partial charge in [-0.25, -0.2) is 15.0 Å². The fourth-order valence-electron chi connectivity index (χ4n) is 2.76. The molecule has 4 rings (SSSR count). The van der Waals surface area contributed by atoms with Crippen molar-refractivity contribution in [3.8, 4) is 22.9 Å². The standard InChI is InChI=1S/C19H12BrN7O2S/c1-9-3-11(12-4-10(5-21)23-7-14(12)29-2)13(6-22-9)17(28)27-19-26-16-18(30-19)25-15(20)8-24-16/h3-4,6-8H,1-2H3,(H,24,26,27,28). The first-order valence-corrected chi connectivity index (χ1v) is 10.1. The zero-order chi connectivity index (χ0) is 21.3. The molecule has 11 heteroatoms. The van der Waals surface area contributed by atoms with Crippen LogP contribution >= 0.6 is 27.3 Å². The Labute approximate surface area is 183 Å². The SMILES string of the molecule is COc1cnc(C#N)cc1-c1cc(C)ncc1C(=O)Nc1nc2ncc(Br)nc2s1. The number of carbonyl (C=O) groups is 1. The molecule has 0 aliphatic carbocycles. The van der Waals surface area contributed by atoms with Gasteiger partial charge in [0.05, 0.1) is 25.1 Å². The number of nitriles is 1. The number of fused-ring (bicyclic) bond motifs is 1. The van der Waals surface area contributed by atoms with Crippen LogP contribution in [0.1, 0.15) is 21.7 Å². The summed E-state index contributed by atoms with van der Waals surface area (Å²) in [6.45, 7) is 1.81. The van der Waals surface area contributed by atoms with Crippen molar-refractivity contribution in [1.82, 2.24) is 24.9 Å². The molecule has 1 N–H and O–H groups in total. The molecule has 0 aliphatic heterocycles. The van der Waals surface area contributed by atoms with Gasteiger partial charge < -0.3 is 4.74 Å². The lowest BCUT2D eigenvalue weighted by molar-refractivity contribution is 0.102. The molecule has 9 nitrogen and oxygen atoms in total. The Kier molecular flexibility index (Phi) is 5.35. The van der Waals surface area contributed by atoms with E-state index in [1.807, 2.05) is 13.0 Å². The third-order valence-electron chi connectivity index (χ3n) is 4.09. The molecule has 1 amide bonds. The number of thiazole rings is 1. The van der Waals surface area contributed by atoms with Crippen molar-refractivity contribution in [3.05, 3.63) is 52.3 Å². The van der Waals surface area contributed by atoms with Gasteiger partial charge in [-0.2, -0.15) is 10.2 Å². The Morgan fingerprint density at radius 2 is 2.00 bits per heavy atom. The third kappa shape index (κ3) is 3.83. The van der Waals surface area contributed by atoms with Crippen LogP contribution in [0.2, 0.25) is 0 Å². The summed E-state index contributed by atoms with van der Waals surface area (Å²) in [5, 5.41) is 12.4. The minimum Gasteiger partial charge on any atom is -0.494 e. The number of hydrogen-bond acceptors (Lipinski definition) is 9. The molecule has 0 saturated carbocycles. The molecule has 4 aromatic heterocycles. The average Bonchev–Trinajstić information content (AvgIpc) is 3.14. The zero-order valence-electron chi connectivity index (χ0n) is 15.7. The van der Waals surface area contributed by atoms with Crippen LogP contribution < -0.4 is 10.1 Å². The summed E-state index contributed by atoms with van der Waals surface area (Å²) in [6, 6.07) is 5.34. The highest BCUT2D eigenvalue weighted by Crippen LogP contribution is 2.33. The van der Waals surface area contributed by atoms with Crippen molar-refractivity contribution in [1.29, 1.82) is 5.26 Å². The minimum atomic E-state index is -0.409. The van der Waals surface area contributed by atoms with Crippen LogP contribution in [0.3, 0.4) is 0 Å². The largest absolute Gasteiger partial charge is 0.494 e.